The summed E-state index contributed by atoms with van der Waals surface area (Å²) in [6.45, 7) is 4.08. The van der Waals surface area contributed by atoms with Crippen molar-refractivity contribution in [3.63, 3.8) is 0 Å². The number of nitrogens with one attached hydrogen (secondary N) is 1. The standard InChI is InChI=1S/C15H18N4/c1-10-5-3-4-6-12(10)15(7-8-15)19-13-9-11(2)17-14(16)18-13/h3-6,9H,7-8H2,1-2H3,(H3,16,17,18,19). The van der Waals surface area contributed by atoms with Gasteiger partial charge in [0.05, 0.1) is 5.54 Å². The number of aryl methyl sites for hydroxylation is 2. The second-order valence-electron chi connectivity index (χ2n) is 5.27. The first-order valence-electron chi connectivity index (χ1n) is 6.54. The zero-order chi connectivity index (χ0) is 13.5. The normalized spacial score (nSPS) is 16.1. The lowest BCUT2D eigenvalue weighted by Crippen LogP contribution is -2.21. The summed E-state index contributed by atoms with van der Waals surface area (Å²) in [5.41, 5.74) is 9.28. The molecule has 3 rings (SSSR count). The Balaban J connectivity index is 1.92. The smallest absolute Gasteiger partial charge is 0.222 e. The Labute approximate surface area is 113 Å². The van der Waals surface area contributed by atoms with E-state index in [1.165, 1.54) is 11.1 Å². The molecule has 3 N–H and O–H groups in total. The highest BCUT2D eigenvalue weighted by Gasteiger charge is 2.45. The maximum atomic E-state index is 5.71. The van der Waals surface area contributed by atoms with E-state index in [0.29, 0.717) is 5.95 Å². The van der Waals surface area contributed by atoms with Crippen LogP contribution in [0.2, 0.25) is 0 Å². The molecule has 2 aromatic rings. The molecule has 1 saturated carbocycles. The third-order valence-corrected chi connectivity index (χ3v) is 3.65. The number of nitrogens with two attached hydrogens (primary N) is 1. The van der Waals surface area contributed by atoms with E-state index < -0.39 is 0 Å². The van der Waals surface area contributed by atoms with Gasteiger partial charge in [-0.3, -0.25) is 0 Å². The minimum atomic E-state index is 0.0264. The Kier molecular flexibility index (Phi) is 2.66. The van der Waals surface area contributed by atoms with Gasteiger partial charge in [0.25, 0.3) is 0 Å². The molecule has 0 amide bonds. The van der Waals surface area contributed by atoms with Crippen LogP contribution in [0, 0.1) is 13.8 Å². The Morgan fingerprint density at radius 3 is 2.53 bits per heavy atom. The minimum absolute atomic E-state index is 0.0264. The summed E-state index contributed by atoms with van der Waals surface area (Å²) in [5.74, 6) is 1.13. The van der Waals surface area contributed by atoms with Crippen LogP contribution in [0.4, 0.5) is 11.8 Å². The SMILES string of the molecule is Cc1cc(NC2(c3ccccc3C)CC2)nc(N)n1. The fraction of sp³-hybridized carbons (Fsp3) is 0.333. The highest BCUT2D eigenvalue weighted by atomic mass is 15.1. The molecule has 0 saturated heterocycles. The van der Waals surface area contributed by atoms with Crippen LogP contribution in [0.15, 0.2) is 30.3 Å². The Morgan fingerprint density at radius 2 is 1.89 bits per heavy atom. The summed E-state index contributed by atoms with van der Waals surface area (Å²) in [6.07, 6.45) is 2.25. The van der Waals surface area contributed by atoms with Gasteiger partial charge in [-0.05, 0) is 37.8 Å². The van der Waals surface area contributed by atoms with Gasteiger partial charge in [-0.25, -0.2) is 4.98 Å². The van der Waals surface area contributed by atoms with Crippen molar-refractivity contribution in [2.24, 2.45) is 0 Å². The van der Waals surface area contributed by atoms with E-state index >= 15 is 0 Å². The molecular formula is C15H18N4. The molecule has 1 aromatic carbocycles. The largest absolute Gasteiger partial charge is 0.368 e. The number of aromatic nitrogens is 2. The van der Waals surface area contributed by atoms with E-state index in [9.17, 15) is 0 Å². The maximum Gasteiger partial charge on any atom is 0.222 e. The molecule has 98 valence electrons. The van der Waals surface area contributed by atoms with E-state index in [2.05, 4.69) is 46.5 Å². The van der Waals surface area contributed by atoms with Gasteiger partial charge in [0.15, 0.2) is 0 Å². The number of anilines is 2. The monoisotopic (exact) mass is 254 g/mol. The number of nitrogens with zero attached hydrogens (tertiary/aromatic N) is 2. The number of rotatable bonds is 3. The van der Waals surface area contributed by atoms with E-state index in [4.69, 9.17) is 5.73 Å². The molecule has 1 aliphatic carbocycles. The number of hydrogen-bond donors (Lipinski definition) is 2. The van der Waals surface area contributed by atoms with Crippen molar-refractivity contribution in [3.8, 4) is 0 Å². The van der Waals surface area contributed by atoms with Gasteiger partial charge in [0.1, 0.15) is 5.82 Å². The molecule has 1 fully saturated rings. The van der Waals surface area contributed by atoms with E-state index in [1.54, 1.807) is 0 Å². The van der Waals surface area contributed by atoms with Gasteiger partial charge in [0, 0.05) is 11.8 Å². The molecule has 1 aliphatic rings. The summed E-state index contributed by atoms with van der Waals surface area (Å²) in [4.78, 5) is 8.37. The molecule has 1 heterocycles. The molecule has 19 heavy (non-hydrogen) atoms. The highest BCUT2D eigenvalue weighted by molar-refractivity contribution is 5.50. The highest BCUT2D eigenvalue weighted by Crippen LogP contribution is 2.49. The predicted octanol–water partition coefficient (Wildman–Crippen LogP) is 2.78. The maximum absolute atomic E-state index is 5.71. The second-order valence-corrected chi connectivity index (χ2v) is 5.27. The van der Waals surface area contributed by atoms with Gasteiger partial charge in [-0.1, -0.05) is 24.3 Å². The zero-order valence-corrected chi connectivity index (χ0v) is 11.3. The Hall–Kier alpha value is -2.10. The van der Waals surface area contributed by atoms with Crippen molar-refractivity contribution in [1.82, 2.24) is 9.97 Å². The van der Waals surface area contributed by atoms with Crippen LogP contribution in [-0.4, -0.2) is 9.97 Å². The molecule has 0 radical (unpaired) electrons. The van der Waals surface area contributed by atoms with Crippen molar-refractivity contribution < 1.29 is 0 Å². The van der Waals surface area contributed by atoms with Crippen LogP contribution in [0.3, 0.4) is 0 Å². The van der Waals surface area contributed by atoms with Crippen LogP contribution in [0.25, 0.3) is 0 Å². The number of hydrogen-bond acceptors (Lipinski definition) is 4. The van der Waals surface area contributed by atoms with E-state index in [0.717, 1.165) is 24.4 Å². The molecule has 0 atom stereocenters. The molecule has 0 unspecified atom stereocenters. The number of benzene rings is 1. The molecule has 4 heteroatoms. The topological polar surface area (TPSA) is 63.8 Å². The molecule has 4 nitrogen and oxygen atoms in total. The van der Waals surface area contributed by atoms with Crippen LogP contribution in [0.1, 0.15) is 29.7 Å². The first-order valence-corrected chi connectivity index (χ1v) is 6.54. The lowest BCUT2D eigenvalue weighted by Gasteiger charge is -2.21. The van der Waals surface area contributed by atoms with Crippen molar-refractivity contribution in [2.75, 3.05) is 11.1 Å². The van der Waals surface area contributed by atoms with Crippen molar-refractivity contribution in [2.45, 2.75) is 32.2 Å². The average molecular weight is 254 g/mol. The summed E-state index contributed by atoms with van der Waals surface area (Å²) in [7, 11) is 0. The van der Waals surface area contributed by atoms with Crippen LogP contribution in [0.5, 0.6) is 0 Å². The predicted molar refractivity (Wildman–Crippen MR) is 76.9 cm³/mol. The lowest BCUT2D eigenvalue weighted by molar-refractivity contribution is 0.790. The summed E-state index contributed by atoms with van der Waals surface area (Å²) < 4.78 is 0. The molecule has 0 bridgehead atoms. The third kappa shape index (κ3) is 2.26. The van der Waals surface area contributed by atoms with E-state index in [-0.39, 0.29) is 5.54 Å². The van der Waals surface area contributed by atoms with Crippen molar-refractivity contribution in [3.05, 3.63) is 47.2 Å². The summed E-state index contributed by atoms with van der Waals surface area (Å²) >= 11 is 0. The van der Waals surface area contributed by atoms with Crippen LogP contribution in [-0.2, 0) is 5.54 Å². The lowest BCUT2D eigenvalue weighted by atomic mass is 9.99. The third-order valence-electron chi connectivity index (χ3n) is 3.65. The summed E-state index contributed by atoms with van der Waals surface area (Å²) in [5, 5.41) is 3.54. The minimum Gasteiger partial charge on any atom is -0.368 e. The molecule has 1 aromatic heterocycles. The first kappa shape index (κ1) is 12.0. The van der Waals surface area contributed by atoms with Gasteiger partial charge in [0.2, 0.25) is 5.95 Å². The van der Waals surface area contributed by atoms with Crippen LogP contribution >= 0.6 is 0 Å². The average Bonchev–Trinajstić information content (AvgIpc) is 3.09. The van der Waals surface area contributed by atoms with Crippen molar-refractivity contribution >= 4 is 11.8 Å². The Morgan fingerprint density at radius 1 is 1.16 bits per heavy atom. The molecule has 0 aliphatic heterocycles. The number of nitrogen functional groups attached to an aromatic ring is 1. The summed E-state index contributed by atoms with van der Waals surface area (Å²) in [6, 6.07) is 10.4. The first-order chi connectivity index (χ1) is 9.09. The zero-order valence-electron chi connectivity index (χ0n) is 11.3. The Bertz CT molecular complexity index is 597. The van der Waals surface area contributed by atoms with Crippen molar-refractivity contribution in [1.29, 1.82) is 0 Å². The van der Waals surface area contributed by atoms with E-state index in [1.807, 2.05) is 13.0 Å². The molecular weight excluding hydrogens is 236 g/mol. The molecule has 0 spiro atoms. The van der Waals surface area contributed by atoms with Gasteiger partial charge < -0.3 is 11.1 Å². The quantitative estimate of drug-likeness (QED) is 0.884. The van der Waals surface area contributed by atoms with Gasteiger partial charge in [-0.15, -0.1) is 0 Å². The van der Waals surface area contributed by atoms with Crippen LogP contribution < -0.4 is 11.1 Å². The fourth-order valence-corrected chi connectivity index (χ4v) is 2.60. The van der Waals surface area contributed by atoms with Gasteiger partial charge >= 0.3 is 0 Å². The fourth-order valence-electron chi connectivity index (χ4n) is 2.60. The van der Waals surface area contributed by atoms with Gasteiger partial charge in [-0.2, -0.15) is 4.98 Å². The second kappa shape index (κ2) is 4.23.